The number of carboxylic acid groups (broad SMARTS) is 1. The van der Waals surface area contributed by atoms with Gasteiger partial charge in [0.05, 0.1) is 5.56 Å². The van der Waals surface area contributed by atoms with Gasteiger partial charge >= 0.3 is 5.97 Å². The predicted molar refractivity (Wildman–Crippen MR) is 86.1 cm³/mol. The molecule has 2 aromatic rings. The third kappa shape index (κ3) is 3.08. The topological polar surface area (TPSA) is 70.5 Å². The number of aliphatic carboxylic acids is 1. The van der Waals surface area contributed by atoms with Crippen LogP contribution in [0, 0.1) is 6.92 Å². The van der Waals surface area contributed by atoms with Crippen molar-refractivity contribution in [3.63, 3.8) is 0 Å². The van der Waals surface area contributed by atoms with E-state index < -0.39 is 12.0 Å². The molecule has 3 rings (SSSR count). The van der Waals surface area contributed by atoms with Crippen molar-refractivity contribution >= 4 is 11.9 Å². The lowest BCUT2D eigenvalue weighted by Gasteiger charge is -2.21. The van der Waals surface area contributed by atoms with Gasteiger partial charge in [-0.25, -0.2) is 4.79 Å². The number of aryl methyl sites for hydroxylation is 1. The minimum Gasteiger partial charge on any atom is -0.480 e. The summed E-state index contributed by atoms with van der Waals surface area (Å²) in [5, 5.41) is 9.23. The van der Waals surface area contributed by atoms with Crippen LogP contribution in [0.1, 0.15) is 28.8 Å². The Hall–Kier alpha value is -2.69. The van der Waals surface area contributed by atoms with Crippen molar-refractivity contribution in [3.05, 3.63) is 53.9 Å². The quantitative estimate of drug-likeness (QED) is 0.946. The Morgan fingerprint density at radius 3 is 2.61 bits per heavy atom. The molecule has 1 fully saturated rings. The Labute approximate surface area is 134 Å². The van der Waals surface area contributed by atoms with E-state index in [0.717, 1.165) is 16.7 Å². The van der Waals surface area contributed by atoms with E-state index in [1.54, 1.807) is 12.3 Å². The number of carbonyl (C=O) groups excluding carboxylic acids is 1. The first-order valence-electron chi connectivity index (χ1n) is 7.62. The number of likely N-dealkylation sites (tertiary alicyclic amines) is 1. The number of benzene rings is 1. The number of carboxylic acids is 1. The van der Waals surface area contributed by atoms with Crippen LogP contribution in [0.15, 0.2) is 42.7 Å². The molecule has 1 aromatic carbocycles. The van der Waals surface area contributed by atoms with Crippen molar-refractivity contribution in [1.82, 2.24) is 9.88 Å². The zero-order valence-electron chi connectivity index (χ0n) is 12.9. The third-order valence-electron chi connectivity index (χ3n) is 4.17. The Morgan fingerprint density at radius 2 is 1.91 bits per heavy atom. The SMILES string of the molecule is Cc1ccc(-c2cncc(C(=O)N3CCC[C@@H]3C(=O)O)c2)cc1. The van der Waals surface area contributed by atoms with E-state index in [0.29, 0.717) is 24.9 Å². The second kappa shape index (κ2) is 6.20. The smallest absolute Gasteiger partial charge is 0.326 e. The summed E-state index contributed by atoms with van der Waals surface area (Å²) in [6, 6.07) is 9.02. The van der Waals surface area contributed by atoms with Crippen molar-refractivity contribution in [3.8, 4) is 11.1 Å². The largest absolute Gasteiger partial charge is 0.480 e. The van der Waals surface area contributed by atoms with Crippen LogP contribution in [-0.4, -0.2) is 39.5 Å². The first kappa shape index (κ1) is 15.2. The lowest BCUT2D eigenvalue weighted by Crippen LogP contribution is -2.40. The summed E-state index contributed by atoms with van der Waals surface area (Å²) < 4.78 is 0. The molecule has 0 spiro atoms. The summed E-state index contributed by atoms with van der Waals surface area (Å²) in [5.74, 6) is -1.21. The minimum atomic E-state index is -0.946. The van der Waals surface area contributed by atoms with E-state index in [1.807, 2.05) is 31.2 Å². The molecule has 118 valence electrons. The van der Waals surface area contributed by atoms with E-state index in [2.05, 4.69) is 4.98 Å². The fraction of sp³-hybridized carbons (Fsp3) is 0.278. The van der Waals surface area contributed by atoms with Gasteiger partial charge in [0, 0.05) is 24.5 Å². The van der Waals surface area contributed by atoms with Crippen LogP contribution in [-0.2, 0) is 4.79 Å². The Balaban J connectivity index is 1.89. The van der Waals surface area contributed by atoms with Crippen molar-refractivity contribution in [2.24, 2.45) is 0 Å². The van der Waals surface area contributed by atoms with Crippen molar-refractivity contribution < 1.29 is 14.7 Å². The van der Waals surface area contributed by atoms with Gasteiger partial charge in [0.2, 0.25) is 0 Å². The zero-order valence-corrected chi connectivity index (χ0v) is 12.9. The predicted octanol–water partition coefficient (Wildman–Crippen LogP) is 2.75. The minimum absolute atomic E-state index is 0.267. The van der Waals surface area contributed by atoms with E-state index in [-0.39, 0.29) is 5.91 Å². The molecule has 5 heteroatoms. The van der Waals surface area contributed by atoms with E-state index >= 15 is 0 Å². The van der Waals surface area contributed by atoms with Gasteiger partial charge in [0.1, 0.15) is 6.04 Å². The van der Waals surface area contributed by atoms with Crippen molar-refractivity contribution in [2.75, 3.05) is 6.54 Å². The van der Waals surface area contributed by atoms with Crippen molar-refractivity contribution in [2.45, 2.75) is 25.8 Å². The monoisotopic (exact) mass is 310 g/mol. The standard InChI is InChI=1S/C18H18N2O3/c1-12-4-6-13(7-5-12)14-9-15(11-19-10-14)17(21)20-8-2-3-16(20)18(22)23/h4-7,9-11,16H,2-3,8H2,1H3,(H,22,23)/t16-/m1/s1. The number of carbonyl (C=O) groups is 2. The molecule has 2 heterocycles. The summed E-state index contributed by atoms with van der Waals surface area (Å²) in [6.45, 7) is 2.49. The van der Waals surface area contributed by atoms with Gasteiger partial charge < -0.3 is 10.0 Å². The van der Waals surface area contributed by atoms with Crippen LogP contribution < -0.4 is 0 Å². The maximum absolute atomic E-state index is 12.6. The molecule has 1 aliphatic rings. The van der Waals surface area contributed by atoms with E-state index in [1.165, 1.54) is 11.1 Å². The normalized spacial score (nSPS) is 17.3. The molecule has 0 radical (unpaired) electrons. The summed E-state index contributed by atoms with van der Waals surface area (Å²) >= 11 is 0. The average molecular weight is 310 g/mol. The lowest BCUT2D eigenvalue weighted by molar-refractivity contribution is -0.141. The summed E-state index contributed by atoms with van der Waals surface area (Å²) in [5.41, 5.74) is 3.42. The fourth-order valence-corrected chi connectivity index (χ4v) is 2.89. The van der Waals surface area contributed by atoms with Crippen LogP contribution in [0.5, 0.6) is 0 Å². The number of nitrogens with zero attached hydrogens (tertiary/aromatic N) is 2. The first-order chi connectivity index (χ1) is 11.1. The molecule has 0 bridgehead atoms. The van der Waals surface area contributed by atoms with Gasteiger partial charge in [-0.2, -0.15) is 0 Å². The number of amides is 1. The highest BCUT2D eigenvalue weighted by Gasteiger charge is 2.34. The molecule has 1 N–H and O–H groups in total. The number of hydrogen-bond donors (Lipinski definition) is 1. The molecule has 1 atom stereocenters. The van der Waals surface area contributed by atoms with E-state index in [4.69, 9.17) is 0 Å². The molecule has 23 heavy (non-hydrogen) atoms. The molecule has 0 aliphatic carbocycles. The highest BCUT2D eigenvalue weighted by atomic mass is 16.4. The summed E-state index contributed by atoms with van der Waals surface area (Å²) in [7, 11) is 0. The lowest BCUT2D eigenvalue weighted by atomic mass is 10.0. The molecule has 0 unspecified atom stereocenters. The Morgan fingerprint density at radius 1 is 1.17 bits per heavy atom. The van der Waals surface area contributed by atoms with Gasteiger partial charge in [-0.15, -0.1) is 0 Å². The highest BCUT2D eigenvalue weighted by molar-refractivity contribution is 5.97. The number of rotatable bonds is 3. The van der Waals surface area contributed by atoms with Gasteiger partial charge in [0.25, 0.3) is 5.91 Å². The average Bonchev–Trinajstić information content (AvgIpc) is 3.05. The molecular formula is C18H18N2O3. The maximum atomic E-state index is 12.6. The Kier molecular flexibility index (Phi) is 4.10. The van der Waals surface area contributed by atoms with Crippen LogP contribution in [0.25, 0.3) is 11.1 Å². The Bertz CT molecular complexity index is 740. The molecule has 1 saturated heterocycles. The number of aromatic nitrogens is 1. The maximum Gasteiger partial charge on any atom is 0.326 e. The second-order valence-corrected chi connectivity index (χ2v) is 5.82. The third-order valence-corrected chi connectivity index (χ3v) is 4.17. The van der Waals surface area contributed by atoms with Crippen molar-refractivity contribution in [1.29, 1.82) is 0 Å². The summed E-state index contributed by atoms with van der Waals surface area (Å²) in [6.07, 6.45) is 4.43. The molecule has 1 aliphatic heterocycles. The molecule has 1 aromatic heterocycles. The summed E-state index contributed by atoms with van der Waals surface area (Å²) in [4.78, 5) is 29.5. The number of pyridine rings is 1. The van der Waals surface area contributed by atoms with Gasteiger partial charge in [-0.3, -0.25) is 9.78 Å². The van der Waals surface area contributed by atoms with Crippen LogP contribution >= 0.6 is 0 Å². The zero-order chi connectivity index (χ0) is 16.4. The molecular weight excluding hydrogens is 292 g/mol. The number of hydrogen-bond acceptors (Lipinski definition) is 3. The van der Waals surface area contributed by atoms with Crippen LogP contribution in [0.4, 0.5) is 0 Å². The van der Waals surface area contributed by atoms with Crippen LogP contribution in [0.3, 0.4) is 0 Å². The molecule has 0 saturated carbocycles. The molecule has 1 amide bonds. The van der Waals surface area contributed by atoms with Gasteiger partial charge in [-0.1, -0.05) is 29.8 Å². The molecule has 5 nitrogen and oxygen atoms in total. The fourth-order valence-electron chi connectivity index (χ4n) is 2.89. The highest BCUT2D eigenvalue weighted by Crippen LogP contribution is 2.23. The van der Waals surface area contributed by atoms with E-state index in [9.17, 15) is 14.7 Å². The van der Waals surface area contributed by atoms with Crippen LogP contribution in [0.2, 0.25) is 0 Å². The van der Waals surface area contributed by atoms with Gasteiger partial charge in [-0.05, 0) is 31.4 Å². The van der Waals surface area contributed by atoms with Gasteiger partial charge in [0.15, 0.2) is 0 Å². The second-order valence-electron chi connectivity index (χ2n) is 5.82. The first-order valence-corrected chi connectivity index (χ1v) is 7.62.